The Morgan fingerprint density at radius 3 is 2.79 bits per heavy atom. The van der Waals surface area contributed by atoms with Crippen LogP contribution in [0.15, 0.2) is 22.9 Å². The summed E-state index contributed by atoms with van der Waals surface area (Å²) in [6, 6.07) is 4.23. The smallest absolute Gasteiger partial charge is 0.410 e. The number of aromatic nitrogens is 1. The van der Waals surface area contributed by atoms with Crippen molar-refractivity contribution < 1.29 is 9.53 Å². The number of piperidine rings is 1. The summed E-state index contributed by atoms with van der Waals surface area (Å²) in [4.78, 5) is 20.9. The van der Waals surface area contributed by atoms with E-state index in [0.29, 0.717) is 0 Å². The summed E-state index contributed by atoms with van der Waals surface area (Å²) in [6.07, 6.45) is 4.94. The van der Waals surface area contributed by atoms with Crippen LogP contribution < -0.4 is 0 Å². The van der Waals surface area contributed by atoms with E-state index in [1.54, 1.807) is 0 Å². The average molecular weight is 398 g/mol. The zero-order valence-corrected chi connectivity index (χ0v) is 16.7. The first kappa shape index (κ1) is 19.2. The van der Waals surface area contributed by atoms with E-state index in [4.69, 9.17) is 4.74 Å². The van der Waals surface area contributed by atoms with Gasteiger partial charge in [-0.25, -0.2) is 9.78 Å². The highest BCUT2D eigenvalue weighted by molar-refractivity contribution is 9.10. The molecule has 1 amide bonds. The zero-order chi connectivity index (χ0) is 17.7. The molecule has 0 saturated carbocycles. The van der Waals surface area contributed by atoms with Crippen LogP contribution in [0.25, 0.3) is 0 Å². The van der Waals surface area contributed by atoms with Crippen molar-refractivity contribution in [3.8, 4) is 0 Å². The maximum absolute atomic E-state index is 12.5. The SMILES string of the molecule is CN(Cc1ccc(Br)nc1)CC1CCCCN1C(=O)OC(C)(C)C. The molecule has 1 aromatic rings. The lowest BCUT2D eigenvalue weighted by molar-refractivity contribution is 0.00586. The lowest BCUT2D eigenvalue weighted by atomic mass is 10.0. The van der Waals surface area contributed by atoms with E-state index in [-0.39, 0.29) is 12.1 Å². The predicted octanol–water partition coefficient (Wildman–Crippen LogP) is 4.07. The van der Waals surface area contributed by atoms with Crippen molar-refractivity contribution in [2.24, 2.45) is 0 Å². The van der Waals surface area contributed by atoms with Crippen LogP contribution in [0, 0.1) is 0 Å². The third-order valence-electron chi connectivity index (χ3n) is 4.02. The first-order valence-corrected chi connectivity index (χ1v) is 9.32. The number of rotatable bonds is 4. The summed E-state index contributed by atoms with van der Waals surface area (Å²) in [5.74, 6) is 0. The number of likely N-dealkylation sites (tertiary alicyclic amines) is 1. The zero-order valence-electron chi connectivity index (χ0n) is 15.1. The Balaban J connectivity index is 1.94. The second-order valence-electron chi connectivity index (χ2n) is 7.51. The van der Waals surface area contributed by atoms with Crippen LogP contribution in [-0.4, -0.2) is 52.7 Å². The standard InChI is InChI=1S/C18H28BrN3O2/c1-18(2,3)24-17(23)22-10-6-5-7-15(22)13-21(4)12-14-8-9-16(19)20-11-14/h8-9,11,15H,5-7,10,12-13H2,1-4H3. The molecule has 2 rings (SSSR count). The van der Waals surface area contributed by atoms with Gasteiger partial charge in [0.05, 0.1) is 0 Å². The van der Waals surface area contributed by atoms with Gasteiger partial charge in [-0.15, -0.1) is 0 Å². The van der Waals surface area contributed by atoms with Crippen molar-refractivity contribution in [3.05, 3.63) is 28.5 Å². The van der Waals surface area contributed by atoms with E-state index in [0.717, 1.165) is 43.5 Å². The Labute approximate surface area is 153 Å². The highest BCUT2D eigenvalue weighted by Crippen LogP contribution is 2.21. The minimum atomic E-state index is -0.450. The van der Waals surface area contributed by atoms with Gasteiger partial charge in [0.25, 0.3) is 0 Å². The second-order valence-corrected chi connectivity index (χ2v) is 8.32. The van der Waals surface area contributed by atoms with Gasteiger partial charge in [0.1, 0.15) is 10.2 Å². The van der Waals surface area contributed by atoms with Crippen LogP contribution in [-0.2, 0) is 11.3 Å². The molecule has 0 aromatic carbocycles. The van der Waals surface area contributed by atoms with Gasteiger partial charge < -0.3 is 14.5 Å². The molecule has 24 heavy (non-hydrogen) atoms. The Hall–Kier alpha value is -1.14. The van der Waals surface area contributed by atoms with E-state index < -0.39 is 5.60 Å². The lowest BCUT2D eigenvalue weighted by Gasteiger charge is -2.38. The number of carbonyl (C=O) groups excluding carboxylic acids is 1. The first-order valence-electron chi connectivity index (χ1n) is 8.53. The van der Waals surface area contributed by atoms with E-state index in [1.807, 2.05) is 37.9 Å². The van der Waals surface area contributed by atoms with Crippen molar-refractivity contribution in [3.63, 3.8) is 0 Å². The van der Waals surface area contributed by atoms with Crippen LogP contribution in [0.4, 0.5) is 4.79 Å². The summed E-state index contributed by atoms with van der Waals surface area (Å²) in [5.41, 5.74) is 0.717. The number of hydrogen-bond acceptors (Lipinski definition) is 4. The van der Waals surface area contributed by atoms with Crippen molar-refractivity contribution in [1.29, 1.82) is 0 Å². The molecule has 0 aliphatic carbocycles. The molecule has 0 radical (unpaired) electrons. The van der Waals surface area contributed by atoms with E-state index in [1.165, 1.54) is 5.56 Å². The minimum absolute atomic E-state index is 0.189. The van der Waals surface area contributed by atoms with Crippen LogP contribution in [0.2, 0.25) is 0 Å². The molecule has 1 saturated heterocycles. The Morgan fingerprint density at radius 1 is 1.42 bits per heavy atom. The largest absolute Gasteiger partial charge is 0.444 e. The Morgan fingerprint density at radius 2 is 2.17 bits per heavy atom. The summed E-state index contributed by atoms with van der Waals surface area (Å²) in [5, 5.41) is 0. The van der Waals surface area contributed by atoms with Gasteiger partial charge in [-0.3, -0.25) is 0 Å². The van der Waals surface area contributed by atoms with Crippen molar-refractivity contribution >= 4 is 22.0 Å². The van der Waals surface area contributed by atoms with Gasteiger partial charge in [0.2, 0.25) is 0 Å². The van der Waals surface area contributed by atoms with Gasteiger partial charge in [0, 0.05) is 31.9 Å². The number of hydrogen-bond donors (Lipinski definition) is 0. The molecule has 2 heterocycles. The molecule has 0 bridgehead atoms. The second kappa shape index (κ2) is 8.30. The van der Waals surface area contributed by atoms with Crippen LogP contribution in [0.3, 0.4) is 0 Å². The Kier molecular flexibility index (Phi) is 6.63. The number of ether oxygens (including phenoxy) is 1. The molecule has 6 heteroatoms. The fourth-order valence-electron chi connectivity index (χ4n) is 2.99. The summed E-state index contributed by atoms with van der Waals surface area (Å²) in [7, 11) is 2.09. The molecule has 1 unspecified atom stereocenters. The molecule has 1 aromatic heterocycles. The maximum Gasteiger partial charge on any atom is 0.410 e. The van der Waals surface area contributed by atoms with E-state index in [2.05, 4.69) is 38.9 Å². The lowest BCUT2D eigenvalue weighted by Crippen LogP contribution is -2.50. The maximum atomic E-state index is 12.5. The summed E-state index contributed by atoms with van der Waals surface area (Å²) in [6.45, 7) is 8.19. The molecule has 0 N–H and O–H groups in total. The van der Waals surface area contributed by atoms with E-state index >= 15 is 0 Å². The fourth-order valence-corrected chi connectivity index (χ4v) is 3.22. The molecule has 1 aliphatic heterocycles. The molecule has 134 valence electrons. The predicted molar refractivity (Wildman–Crippen MR) is 98.9 cm³/mol. The van der Waals surface area contributed by atoms with Gasteiger partial charge in [0.15, 0.2) is 0 Å². The number of pyridine rings is 1. The quantitative estimate of drug-likeness (QED) is 0.718. The highest BCUT2D eigenvalue weighted by atomic mass is 79.9. The normalized spacial score (nSPS) is 18.8. The number of likely N-dealkylation sites (N-methyl/N-ethyl adjacent to an activating group) is 1. The molecule has 1 aliphatic rings. The molecule has 0 spiro atoms. The van der Waals surface area contributed by atoms with Gasteiger partial charge >= 0.3 is 6.09 Å². The third-order valence-corrected chi connectivity index (χ3v) is 4.49. The third kappa shape index (κ3) is 6.06. The first-order chi connectivity index (χ1) is 11.2. The van der Waals surface area contributed by atoms with Gasteiger partial charge in [-0.05, 0) is 74.6 Å². The van der Waals surface area contributed by atoms with E-state index in [9.17, 15) is 4.79 Å². The molecule has 1 atom stereocenters. The average Bonchev–Trinajstić information content (AvgIpc) is 2.48. The number of nitrogens with zero attached hydrogens (tertiary/aromatic N) is 3. The Bertz CT molecular complexity index is 542. The van der Waals surface area contributed by atoms with Gasteiger partial charge in [-0.2, -0.15) is 0 Å². The molecular formula is C18H28BrN3O2. The topological polar surface area (TPSA) is 45.7 Å². The van der Waals surface area contributed by atoms with Crippen LogP contribution >= 0.6 is 15.9 Å². The highest BCUT2D eigenvalue weighted by Gasteiger charge is 2.31. The van der Waals surface area contributed by atoms with Crippen LogP contribution in [0.1, 0.15) is 45.6 Å². The fraction of sp³-hybridized carbons (Fsp3) is 0.667. The van der Waals surface area contributed by atoms with Crippen molar-refractivity contribution in [2.75, 3.05) is 20.1 Å². The molecular weight excluding hydrogens is 370 g/mol. The molecule has 5 nitrogen and oxygen atoms in total. The minimum Gasteiger partial charge on any atom is -0.444 e. The number of amides is 1. The summed E-state index contributed by atoms with van der Waals surface area (Å²) < 4.78 is 6.42. The summed E-state index contributed by atoms with van der Waals surface area (Å²) >= 11 is 3.36. The van der Waals surface area contributed by atoms with Crippen LogP contribution in [0.5, 0.6) is 0 Å². The number of halogens is 1. The van der Waals surface area contributed by atoms with Crippen molar-refractivity contribution in [2.45, 2.75) is 58.2 Å². The van der Waals surface area contributed by atoms with Crippen molar-refractivity contribution in [1.82, 2.24) is 14.8 Å². The number of carbonyl (C=O) groups is 1. The molecule has 1 fully saturated rings. The van der Waals surface area contributed by atoms with Gasteiger partial charge in [-0.1, -0.05) is 6.07 Å². The monoisotopic (exact) mass is 397 g/mol.